The molecular weight excluding hydrogens is 521 g/mol. The number of nitrogens with zero attached hydrogens (tertiary/aromatic N) is 2. The van der Waals surface area contributed by atoms with E-state index in [0.717, 1.165) is 6.42 Å². The first-order chi connectivity index (χ1) is 18.2. The Morgan fingerprint density at radius 1 is 1.21 bits per heavy atom. The smallest absolute Gasteiger partial charge is 0.268 e. The zero-order valence-electron chi connectivity index (χ0n) is 22.7. The van der Waals surface area contributed by atoms with Gasteiger partial charge in [0, 0.05) is 25.1 Å². The normalized spacial score (nSPS) is 16.9. The highest BCUT2D eigenvalue weighted by molar-refractivity contribution is 7.90. The molecule has 0 unspecified atom stereocenters. The number of anilines is 1. The van der Waals surface area contributed by atoms with E-state index < -0.39 is 21.7 Å². The number of carbonyl (C=O) groups excluding carboxylic acids is 1. The Morgan fingerprint density at radius 2 is 1.90 bits per heavy atom. The Bertz CT molecular complexity index is 1480. The number of amides is 1. The molecule has 1 saturated heterocycles. The van der Waals surface area contributed by atoms with Crippen molar-refractivity contribution < 1.29 is 28.9 Å². The molecule has 2 heterocycles. The first kappa shape index (κ1) is 28.4. The van der Waals surface area contributed by atoms with Crippen LogP contribution in [-0.4, -0.2) is 43.1 Å². The van der Waals surface area contributed by atoms with Gasteiger partial charge in [-0.15, -0.1) is 0 Å². The number of sulfonamides is 1. The minimum atomic E-state index is -4.21. The molecule has 0 saturated carbocycles. The van der Waals surface area contributed by atoms with Crippen molar-refractivity contribution in [2.45, 2.75) is 51.5 Å². The number of aromatic nitrogens is 1. The zero-order chi connectivity index (χ0) is 28.5. The van der Waals surface area contributed by atoms with Crippen LogP contribution in [0.1, 0.15) is 52.8 Å². The second-order valence-corrected chi connectivity index (χ2v) is 12.8. The molecule has 39 heavy (non-hydrogen) atoms. The van der Waals surface area contributed by atoms with Crippen LogP contribution < -0.4 is 14.4 Å². The topological polar surface area (TPSA) is 109 Å². The molecule has 1 aromatic heterocycles. The lowest BCUT2D eigenvalue weighted by Gasteiger charge is -2.34. The van der Waals surface area contributed by atoms with Crippen molar-refractivity contribution in [3.63, 3.8) is 0 Å². The van der Waals surface area contributed by atoms with E-state index in [-0.39, 0.29) is 29.1 Å². The molecule has 2 N–H and O–H groups in total. The lowest BCUT2D eigenvalue weighted by molar-refractivity contribution is 0.0981. The molecule has 1 atom stereocenters. The molecule has 4 rings (SSSR count). The summed E-state index contributed by atoms with van der Waals surface area (Å²) in [6, 6.07) is 12.3. The molecule has 210 valence electrons. The number of pyridine rings is 1. The summed E-state index contributed by atoms with van der Waals surface area (Å²) in [5.41, 5.74) is 0.621. The molecule has 1 aliphatic heterocycles. The van der Waals surface area contributed by atoms with Crippen LogP contribution in [0.5, 0.6) is 11.5 Å². The molecule has 1 fully saturated rings. The van der Waals surface area contributed by atoms with Gasteiger partial charge in [-0.05, 0) is 80.6 Å². The molecule has 0 aliphatic carbocycles. The van der Waals surface area contributed by atoms with Gasteiger partial charge >= 0.3 is 0 Å². The minimum absolute atomic E-state index is 0. The predicted octanol–water partition coefficient (Wildman–Crippen LogP) is 5.62. The standard InChI is InChI=1S/C29H34FN3O5S.H2/c1-18(2)17-38-23-13-20(12-21(30)14-23)26-11-10-25(27(31-26)33-16-19(3)15-29(33,4)5)28(35)32-39(36,37)24-8-6-22(34)7-9-24;/h6-14,18-19,34H,15-17H2,1-5H3,(H,32,35);1H/t19-;/m0./s1. The maximum Gasteiger partial charge on any atom is 0.268 e. The molecule has 0 radical (unpaired) electrons. The number of benzene rings is 2. The largest absolute Gasteiger partial charge is 0.508 e. The number of nitrogens with one attached hydrogen (secondary N) is 1. The van der Waals surface area contributed by atoms with Crippen LogP contribution in [0, 0.1) is 17.7 Å². The number of halogens is 1. The molecule has 1 amide bonds. The van der Waals surface area contributed by atoms with E-state index in [4.69, 9.17) is 9.72 Å². The van der Waals surface area contributed by atoms with Gasteiger partial charge in [0.05, 0.1) is 22.8 Å². The van der Waals surface area contributed by atoms with Gasteiger partial charge in [0.15, 0.2) is 0 Å². The van der Waals surface area contributed by atoms with E-state index in [2.05, 4.69) is 11.6 Å². The Hall–Kier alpha value is -3.66. The van der Waals surface area contributed by atoms with Gasteiger partial charge in [-0.2, -0.15) is 0 Å². The van der Waals surface area contributed by atoms with E-state index >= 15 is 0 Å². The fourth-order valence-electron chi connectivity index (χ4n) is 4.87. The lowest BCUT2D eigenvalue weighted by Crippen LogP contribution is -2.41. The molecule has 10 heteroatoms. The SMILES string of the molecule is CC(C)COc1cc(F)cc(-c2ccc(C(=O)NS(=O)(=O)c3ccc(O)cc3)c(N3C[C@@H](C)CC3(C)C)n2)c1.[HH]. The van der Waals surface area contributed by atoms with E-state index in [1.807, 2.05) is 32.6 Å². The number of phenols is 1. The summed E-state index contributed by atoms with van der Waals surface area (Å²) >= 11 is 0. The van der Waals surface area contributed by atoms with Gasteiger partial charge in [0.1, 0.15) is 23.1 Å². The molecule has 3 aromatic rings. The monoisotopic (exact) mass is 557 g/mol. The Kier molecular flexibility index (Phi) is 7.88. The van der Waals surface area contributed by atoms with Gasteiger partial charge in [0.2, 0.25) is 0 Å². The molecular formula is C29H36FN3O5S. The molecule has 2 aromatic carbocycles. The summed E-state index contributed by atoms with van der Waals surface area (Å²) in [6.07, 6.45) is 0.846. The van der Waals surface area contributed by atoms with Crippen LogP contribution in [-0.2, 0) is 10.0 Å². The van der Waals surface area contributed by atoms with Crippen molar-refractivity contribution >= 4 is 21.7 Å². The number of hydrogen-bond acceptors (Lipinski definition) is 7. The second-order valence-electron chi connectivity index (χ2n) is 11.1. The van der Waals surface area contributed by atoms with Crippen molar-refractivity contribution in [3.05, 3.63) is 66.0 Å². The number of ether oxygens (including phenoxy) is 1. The van der Waals surface area contributed by atoms with Crippen LogP contribution in [0.15, 0.2) is 59.5 Å². The number of phenolic OH excluding ortho intramolecular Hbond substituents is 1. The van der Waals surface area contributed by atoms with Crippen LogP contribution in [0.4, 0.5) is 10.2 Å². The van der Waals surface area contributed by atoms with Crippen molar-refractivity contribution in [2.24, 2.45) is 11.8 Å². The van der Waals surface area contributed by atoms with Crippen LogP contribution in [0.2, 0.25) is 0 Å². The van der Waals surface area contributed by atoms with Gasteiger partial charge in [-0.3, -0.25) is 4.79 Å². The highest BCUT2D eigenvalue weighted by Gasteiger charge is 2.39. The van der Waals surface area contributed by atoms with Gasteiger partial charge < -0.3 is 14.7 Å². The number of hydrogen-bond donors (Lipinski definition) is 2. The van der Waals surface area contributed by atoms with Crippen molar-refractivity contribution in [3.8, 4) is 22.8 Å². The molecule has 0 bridgehead atoms. The zero-order valence-corrected chi connectivity index (χ0v) is 23.5. The van der Waals surface area contributed by atoms with Gasteiger partial charge in [0.25, 0.3) is 15.9 Å². The molecule has 8 nitrogen and oxygen atoms in total. The van der Waals surface area contributed by atoms with Crippen LogP contribution in [0.3, 0.4) is 0 Å². The van der Waals surface area contributed by atoms with E-state index in [0.29, 0.717) is 41.9 Å². The second kappa shape index (κ2) is 10.8. The molecule has 0 spiro atoms. The third kappa shape index (κ3) is 6.50. The summed E-state index contributed by atoms with van der Waals surface area (Å²) in [4.78, 5) is 20.0. The first-order valence-corrected chi connectivity index (χ1v) is 14.3. The van der Waals surface area contributed by atoms with E-state index in [1.54, 1.807) is 12.1 Å². The van der Waals surface area contributed by atoms with Gasteiger partial charge in [-0.1, -0.05) is 20.8 Å². The lowest BCUT2D eigenvalue weighted by atomic mass is 9.97. The Labute approximate surface area is 230 Å². The predicted molar refractivity (Wildman–Crippen MR) is 150 cm³/mol. The van der Waals surface area contributed by atoms with Crippen LogP contribution >= 0.6 is 0 Å². The van der Waals surface area contributed by atoms with Crippen LogP contribution in [0.25, 0.3) is 11.3 Å². The maximum absolute atomic E-state index is 14.5. The quantitative estimate of drug-likeness (QED) is 0.370. The fourth-order valence-corrected chi connectivity index (χ4v) is 5.84. The fraction of sp³-hybridized carbons (Fsp3) is 0.379. The van der Waals surface area contributed by atoms with Crippen molar-refractivity contribution in [1.29, 1.82) is 0 Å². The third-order valence-electron chi connectivity index (χ3n) is 6.57. The number of rotatable bonds is 8. The summed E-state index contributed by atoms with van der Waals surface area (Å²) in [5.74, 6) is -0.154. The van der Waals surface area contributed by atoms with Crippen molar-refractivity contribution in [2.75, 3.05) is 18.1 Å². The number of carbonyl (C=O) groups is 1. The molecule has 1 aliphatic rings. The minimum Gasteiger partial charge on any atom is -0.508 e. The maximum atomic E-state index is 14.5. The average molecular weight is 558 g/mol. The average Bonchev–Trinajstić information content (AvgIpc) is 3.13. The summed E-state index contributed by atoms with van der Waals surface area (Å²) in [6.45, 7) is 11.2. The third-order valence-corrected chi connectivity index (χ3v) is 7.92. The van der Waals surface area contributed by atoms with E-state index in [9.17, 15) is 22.7 Å². The van der Waals surface area contributed by atoms with Gasteiger partial charge in [-0.25, -0.2) is 22.5 Å². The van der Waals surface area contributed by atoms with Crippen molar-refractivity contribution in [1.82, 2.24) is 9.71 Å². The summed E-state index contributed by atoms with van der Waals surface area (Å²) in [5, 5.41) is 9.49. The highest BCUT2D eigenvalue weighted by Crippen LogP contribution is 2.38. The van der Waals surface area contributed by atoms with E-state index in [1.165, 1.54) is 42.5 Å². The summed E-state index contributed by atoms with van der Waals surface area (Å²) in [7, 11) is -4.21. The Morgan fingerprint density at radius 3 is 2.51 bits per heavy atom. The highest BCUT2D eigenvalue weighted by atomic mass is 32.2. The summed E-state index contributed by atoms with van der Waals surface area (Å²) < 4.78 is 48.2. The number of aromatic hydroxyl groups is 1. The first-order valence-electron chi connectivity index (χ1n) is 12.8. The Balaban J connectivity index is 0.00000441.